The minimum atomic E-state index is -0.252. The molecular weight excluding hydrogens is 206 g/mol. The molecule has 1 saturated heterocycles. The molecule has 0 saturated carbocycles. The lowest BCUT2D eigenvalue weighted by atomic mass is 10.2. The van der Waals surface area contributed by atoms with Gasteiger partial charge in [0, 0.05) is 12.2 Å². The van der Waals surface area contributed by atoms with Gasteiger partial charge in [0.2, 0.25) is 0 Å². The van der Waals surface area contributed by atoms with Crippen LogP contribution in [0.2, 0.25) is 0 Å². The molecule has 0 N–H and O–H groups in total. The molecule has 1 aliphatic rings. The van der Waals surface area contributed by atoms with E-state index in [2.05, 4.69) is 0 Å². The second kappa shape index (κ2) is 5.09. The van der Waals surface area contributed by atoms with Crippen LogP contribution < -0.4 is 0 Å². The van der Waals surface area contributed by atoms with E-state index in [0.29, 0.717) is 12.2 Å². The zero-order valence-electron chi connectivity index (χ0n) is 9.26. The van der Waals surface area contributed by atoms with Crippen molar-refractivity contribution in [2.24, 2.45) is 0 Å². The number of benzene rings is 1. The maximum atomic E-state index is 12.1. The second-order valence-corrected chi connectivity index (χ2v) is 3.65. The Hall–Kier alpha value is -1.39. The van der Waals surface area contributed by atoms with E-state index in [0.717, 1.165) is 12.8 Å². The van der Waals surface area contributed by atoms with Gasteiger partial charge >= 0.3 is 0 Å². The van der Waals surface area contributed by atoms with Gasteiger partial charge in [-0.15, -0.1) is 0 Å². The fourth-order valence-corrected chi connectivity index (χ4v) is 1.78. The first kappa shape index (κ1) is 11.1. The Bertz CT molecular complexity index is 347. The van der Waals surface area contributed by atoms with Crippen LogP contribution in [0.4, 0.5) is 0 Å². The lowest BCUT2D eigenvalue weighted by Crippen LogP contribution is -2.39. The fraction of sp³-hybridized carbons (Fsp3) is 0.417. The Morgan fingerprint density at radius 2 is 2.19 bits per heavy atom. The van der Waals surface area contributed by atoms with Crippen LogP contribution in [-0.2, 0) is 9.57 Å². The lowest BCUT2D eigenvalue weighted by Gasteiger charge is -2.25. The quantitative estimate of drug-likeness (QED) is 0.731. The van der Waals surface area contributed by atoms with Gasteiger partial charge < -0.3 is 4.74 Å². The third kappa shape index (κ3) is 2.23. The molecule has 86 valence electrons. The third-order valence-corrected chi connectivity index (χ3v) is 2.58. The van der Waals surface area contributed by atoms with Crippen LogP contribution in [0.25, 0.3) is 0 Å². The molecule has 1 aromatic rings. The number of amides is 1. The Labute approximate surface area is 94.7 Å². The van der Waals surface area contributed by atoms with Crippen molar-refractivity contribution >= 4 is 5.91 Å². The number of hydrogen-bond donors (Lipinski definition) is 0. The van der Waals surface area contributed by atoms with E-state index in [-0.39, 0.29) is 12.1 Å². The van der Waals surface area contributed by atoms with Crippen LogP contribution in [0.15, 0.2) is 30.3 Å². The Balaban J connectivity index is 2.12. The average Bonchev–Trinajstić information content (AvgIpc) is 2.85. The maximum absolute atomic E-state index is 12.1. The molecule has 0 aromatic heterocycles. The Morgan fingerprint density at radius 1 is 1.44 bits per heavy atom. The molecule has 1 atom stereocenters. The van der Waals surface area contributed by atoms with Gasteiger partial charge in [-0.25, -0.2) is 0 Å². The molecule has 0 radical (unpaired) electrons. The number of ether oxygens (including phenoxy) is 1. The van der Waals surface area contributed by atoms with Crippen LogP contribution in [0.1, 0.15) is 23.2 Å². The van der Waals surface area contributed by atoms with Crippen molar-refractivity contribution in [3.63, 3.8) is 0 Å². The van der Waals surface area contributed by atoms with Crippen LogP contribution in [0, 0.1) is 0 Å². The van der Waals surface area contributed by atoms with E-state index in [9.17, 15) is 4.79 Å². The van der Waals surface area contributed by atoms with Crippen LogP contribution in [0.3, 0.4) is 0 Å². The highest BCUT2D eigenvalue weighted by atomic mass is 16.7. The van der Waals surface area contributed by atoms with E-state index in [1.165, 1.54) is 12.2 Å². The summed E-state index contributed by atoms with van der Waals surface area (Å²) in [6.07, 6.45) is 1.54. The maximum Gasteiger partial charge on any atom is 0.279 e. The number of hydroxylamine groups is 2. The molecule has 0 bridgehead atoms. The van der Waals surface area contributed by atoms with Gasteiger partial charge in [-0.05, 0) is 25.0 Å². The predicted molar refractivity (Wildman–Crippen MR) is 58.6 cm³/mol. The number of carbonyl (C=O) groups is 1. The number of hydrogen-bond acceptors (Lipinski definition) is 3. The minimum absolute atomic E-state index is 0.157. The van der Waals surface area contributed by atoms with Gasteiger partial charge in [0.15, 0.2) is 6.23 Å². The standard InChI is InChI=1S/C12H15NO3/c1-15-13(11-8-5-9-16-11)12(14)10-6-3-2-4-7-10/h2-4,6-7,11H,5,8-9H2,1H3/t11-/m0/s1. The summed E-state index contributed by atoms with van der Waals surface area (Å²) in [5, 5.41) is 1.31. The summed E-state index contributed by atoms with van der Waals surface area (Å²) >= 11 is 0. The smallest absolute Gasteiger partial charge is 0.279 e. The fourth-order valence-electron chi connectivity index (χ4n) is 1.78. The van der Waals surface area contributed by atoms with Gasteiger partial charge in [0.1, 0.15) is 0 Å². The van der Waals surface area contributed by atoms with Crippen molar-refractivity contribution in [1.82, 2.24) is 5.06 Å². The Morgan fingerprint density at radius 3 is 2.75 bits per heavy atom. The first-order valence-corrected chi connectivity index (χ1v) is 5.37. The largest absolute Gasteiger partial charge is 0.356 e. The normalized spacial score (nSPS) is 19.7. The first-order valence-electron chi connectivity index (χ1n) is 5.37. The van der Waals surface area contributed by atoms with Crippen molar-refractivity contribution in [2.45, 2.75) is 19.1 Å². The van der Waals surface area contributed by atoms with Crippen LogP contribution in [-0.4, -0.2) is 30.9 Å². The zero-order valence-corrected chi connectivity index (χ0v) is 9.26. The number of carbonyl (C=O) groups excluding carboxylic acids is 1. The van der Waals surface area contributed by atoms with Gasteiger partial charge in [-0.3, -0.25) is 9.63 Å². The molecular formula is C12H15NO3. The molecule has 0 aliphatic carbocycles. The third-order valence-electron chi connectivity index (χ3n) is 2.58. The van der Waals surface area contributed by atoms with Gasteiger partial charge in [-0.2, -0.15) is 5.06 Å². The summed E-state index contributed by atoms with van der Waals surface area (Å²) in [7, 11) is 1.49. The van der Waals surface area contributed by atoms with Crippen molar-refractivity contribution in [1.29, 1.82) is 0 Å². The summed E-state index contributed by atoms with van der Waals surface area (Å²) in [5.74, 6) is -0.157. The molecule has 1 fully saturated rings. The van der Waals surface area contributed by atoms with Crippen molar-refractivity contribution in [3.05, 3.63) is 35.9 Å². The van der Waals surface area contributed by atoms with Gasteiger partial charge in [-0.1, -0.05) is 18.2 Å². The SMILES string of the molecule is CON(C(=O)c1ccccc1)[C@@H]1CCCO1. The van der Waals surface area contributed by atoms with Crippen LogP contribution >= 0.6 is 0 Å². The van der Waals surface area contributed by atoms with E-state index >= 15 is 0 Å². The Kier molecular flexibility index (Phi) is 3.54. The topological polar surface area (TPSA) is 38.8 Å². The molecule has 1 heterocycles. The molecule has 1 aliphatic heterocycles. The molecule has 4 nitrogen and oxygen atoms in total. The van der Waals surface area contributed by atoms with Crippen molar-refractivity contribution < 1.29 is 14.4 Å². The zero-order chi connectivity index (χ0) is 11.4. The summed E-state index contributed by atoms with van der Waals surface area (Å²) in [6.45, 7) is 0.687. The molecule has 16 heavy (non-hydrogen) atoms. The molecule has 4 heteroatoms. The molecule has 1 amide bonds. The molecule has 0 spiro atoms. The molecule has 2 rings (SSSR count). The average molecular weight is 221 g/mol. The van der Waals surface area contributed by atoms with E-state index in [1.54, 1.807) is 12.1 Å². The highest BCUT2D eigenvalue weighted by Gasteiger charge is 2.28. The van der Waals surface area contributed by atoms with Gasteiger partial charge in [0.05, 0.1) is 7.11 Å². The molecule has 0 unspecified atom stereocenters. The lowest BCUT2D eigenvalue weighted by molar-refractivity contribution is -0.186. The second-order valence-electron chi connectivity index (χ2n) is 3.65. The highest BCUT2D eigenvalue weighted by Crippen LogP contribution is 2.18. The van der Waals surface area contributed by atoms with Crippen molar-refractivity contribution in [2.75, 3.05) is 13.7 Å². The summed E-state index contributed by atoms with van der Waals surface area (Å²) in [5.41, 5.74) is 0.611. The van der Waals surface area contributed by atoms with Crippen LogP contribution in [0.5, 0.6) is 0 Å². The summed E-state index contributed by atoms with van der Waals surface area (Å²) in [6, 6.07) is 9.07. The highest BCUT2D eigenvalue weighted by molar-refractivity contribution is 5.93. The van der Waals surface area contributed by atoms with E-state index in [4.69, 9.17) is 9.57 Å². The van der Waals surface area contributed by atoms with E-state index < -0.39 is 0 Å². The van der Waals surface area contributed by atoms with Crippen molar-refractivity contribution in [3.8, 4) is 0 Å². The minimum Gasteiger partial charge on any atom is -0.356 e. The molecule has 1 aromatic carbocycles. The number of nitrogens with zero attached hydrogens (tertiary/aromatic N) is 1. The summed E-state index contributed by atoms with van der Waals surface area (Å²) < 4.78 is 5.43. The monoisotopic (exact) mass is 221 g/mol. The van der Waals surface area contributed by atoms with E-state index in [1.807, 2.05) is 18.2 Å². The number of rotatable bonds is 3. The first-order chi connectivity index (χ1) is 7.83. The van der Waals surface area contributed by atoms with Gasteiger partial charge in [0.25, 0.3) is 5.91 Å². The summed E-state index contributed by atoms with van der Waals surface area (Å²) in [4.78, 5) is 17.2. The predicted octanol–water partition coefficient (Wildman–Crippen LogP) is 1.83.